The molecule has 3 heterocycles. The average molecular weight is 330 g/mol. The Kier molecular flexibility index (Phi) is 3.90. The van der Waals surface area contributed by atoms with Crippen molar-refractivity contribution in [2.75, 3.05) is 37.7 Å². The van der Waals surface area contributed by atoms with E-state index in [1.165, 1.54) is 0 Å². The number of ether oxygens (including phenoxy) is 2. The fraction of sp³-hybridized carbons (Fsp3) is 0.632. The SMILES string of the molecule is CC1(C)CC2(CO1)CN(C1CCN(c3ccccc3)C1=O)CCO2. The van der Waals surface area contributed by atoms with Crippen LogP contribution in [0.4, 0.5) is 5.69 Å². The van der Waals surface area contributed by atoms with Crippen molar-refractivity contribution >= 4 is 11.6 Å². The van der Waals surface area contributed by atoms with E-state index in [0.29, 0.717) is 13.2 Å². The number of benzene rings is 1. The standard InChI is InChI=1S/C19H26N2O3/c1-18(2)12-19(14-24-18)13-20(10-11-23-19)16-8-9-21(17(16)22)15-6-4-3-5-7-15/h3-7,16H,8-14H2,1-2H3. The van der Waals surface area contributed by atoms with Gasteiger partial charge in [-0.2, -0.15) is 0 Å². The number of carbonyl (C=O) groups excluding carboxylic acids is 1. The van der Waals surface area contributed by atoms with Crippen molar-refractivity contribution in [3.05, 3.63) is 30.3 Å². The summed E-state index contributed by atoms with van der Waals surface area (Å²) >= 11 is 0. The van der Waals surface area contributed by atoms with E-state index in [1.54, 1.807) is 0 Å². The molecule has 3 saturated heterocycles. The molecule has 130 valence electrons. The molecule has 0 aliphatic carbocycles. The number of anilines is 1. The second kappa shape index (κ2) is 5.83. The van der Waals surface area contributed by atoms with Crippen molar-refractivity contribution in [3.8, 4) is 0 Å². The fourth-order valence-electron chi connectivity index (χ4n) is 4.41. The third-order valence-electron chi connectivity index (χ3n) is 5.44. The number of morpholine rings is 1. The van der Waals surface area contributed by atoms with E-state index in [-0.39, 0.29) is 23.2 Å². The molecule has 0 N–H and O–H groups in total. The lowest BCUT2D eigenvalue weighted by molar-refractivity contribution is -0.135. The Balaban J connectivity index is 1.48. The second-order valence-corrected chi connectivity index (χ2v) is 7.86. The number of carbonyl (C=O) groups is 1. The number of hydrogen-bond donors (Lipinski definition) is 0. The minimum atomic E-state index is -0.248. The summed E-state index contributed by atoms with van der Waals surface area (Å²) in [6, 6.07) is 9.93. The predicted molar refractivity (Wildman–Crippen MR) is 92.1 cm³/mol. The third-order valence-corrected chi connectivity index (χ3v) is 5.44. The number of para-hydroxylation sites is 1. The van der Waals surface area contributed by atoms with Crippen molar-refractivity contribution in [2.24, 2.45) is 0 Å². The Morgan fingerprint density at radius 1 is 1.12 bits per heavy atom. The summed E-state index contributed by atoms with van der Waals surface area (Å²) < 4.78 is 12.0. The smallest absolute Gasteiger partial charge is 0.244 e. The van der Waals surface area contributed by atoms with Crippen LogP contribution in [0.5, 0.6) is 0 Å². The highest BCUT2D eigenvalue weighted by atomic mass is 16.6. The summed E-state index contributed by atoms with van der Waals surface area (Å²) in [5.41, 5.74) is 0.611. The zero-order valence-electron chi connectivity index (χ0n) is 14.5. The average Bonchev–Trinajstić information content (AvgIpc) is 3.08. The van der Waals surface area contributed by atoms with E-state index in [1.807, 2.05) is 35.2 Å². The highest BCUT2D eigenvalue weighted by molar-refractivity contribution is 5.99. The topological polar surface area (TPSA) is 42.0 Å². The maximum atomic E-state index is 12.9. The number of amides is 1. The quantitative estimate of drug-likeness (QED) is 0.832. The van der Waals surface area contributed by atoms with Crippen molar-refractivity contribution in [1.29, 1.82) is 0 Å². The lowest BCUT2D eigenvalue weighted by atomic mass is 9.91. The first kappa shape index (κ1) is 16.1. The highest BCUT2D eigenvalue weighted by Gasteiger charge is 2.50. The molecular weight excluding hydrogens is 304 g/mol. The zero-order valence-corrected chi connectivity index (χ0v) is 14.5. The number of nitrogens with zero attached hydrogens (tertiary/aromatic N) is 2. The van der Waals surface area contributed by atoms with Crippen LogP contribution in [0.1, 0.15) is 26.7 Å². The minimum absolute atomic E-state index is 0.0327. The molecule has 3 fully saturated rings. The van der Waals surface area contributed by atoms with Crippen LogP contribution in [0, 0.1) is 0 Å². The molecule has 5 heteroatoms. The van der Waals surface area contributed by atoms with Gasteiger partial charge in [-0.3, -0.25) is 9.69 Å². The molecule has 1 amide bonds. The first-order valence-corrected chi connectivity index (χ1v) is 8.87. The number of rotatable bonds is 2. The van der Waals surface area contributed by atoms with Crippen LogP contribution < -0.4 is 4.90 Å². The Labute approximate surface area is 143 Å². The van der Waals surface area contributed by atoms with Crippen molar-refractivity contribution in [3.63, 3.8) is 0 Å². The molecule has 1 aromatic carbocycles. The van der Waals surface area contributed by atoms with Crippen LogP contribution in [0.15, 0.2) is 30.3 Å². The first-order valence-electron chi connectivity index (χ1n) is 8.87. The Bertz CT molecular complexity index is 618. The van der Waals surface area contributed by atoms with Crippen LogP contribution in [0.2, 0.25) is 0 Å². The van der Waals surface area contributed by atoms with Gasteiger partial charge in [0.15, 0.2) is 0 Å². The molecule has 1 aromatic rings. The fourth-order valence-corrected chi connectivity index (χ4v) is 4.41. The van der Waals surface area contributed by atoms with E-state index in [0.717, 1.165) is 38.2 Å². The Morgan fingerprint density at radius 2 is 1.92 bits per heavy atom. The monoisotopic (exact) mass is 330 g/mol. The molecule has 3 aliphatic rings. The van der Waals surface area contributed by atoms with Gasteiger partial charge in [-0.1, -0.05) is 18.2 Å². The molecule has 24 heavy (non-hydrogen) atoms. The van der Waals surface area contributed by atoms with Gasteiger partial charge in [-0.15, -0.1) is 0 Å². The summed E-state index contributed by atoms with van der Waals surface area (Å²) in [5.74, 6) is 0.219. The zero-order chi connectivity index (χ0) is 16.8. The molecule has 4 rings (SSSR count). The van der Waals surface area contributed by atoms with Gasteiger partial charge in [0.25, 0.3) is 0 Å². The lowest BCUT2D eigenvalue weighted by Crippen LogP contribution is -2.57. The molecule has 3 aliphatic heterocycles. The van der Waals surface area contributed by atoms with Gasteiger partial charge in [-0.05, 0) is 32.4 Å². The summed E-state index contributed by atoms with van der Waals surface area (Å²) in [4.78, 5) is 17.2. The summed E-state index contributed by atoms with van der Waals surface area (Å²) in [6.07, 6.45) is 1.77. The van der Waals surface area contributed by atoms with Gasteiger partial charge in [0.2, 0.25) is 5.91 Å². The molecule has 0 aromatic heterocycles. The van der Waals surface area contributed by atoms with Crippen LogP contribution in [-0.2, 0) is 14.3 Å². The van der Waals surface area contributed by atoms with Gasteiger partial charge in [0.1, 0.15) is 5.60 Å². The van der Waals surface area contributed by atoms with Gasteiger partial charge in [-0.25, -0.2) is 0 Å². The van der Waals surface area contributed by atoms with E-state index in [9.17, 15) is 4.79 Å². The minimum Gasteiger partial charge on any atom is -0.372 e. The van der Waals surface area contributed by atoms with Crippen molar-refractivity contribution in [1.82, 2.24) is 4.90 Å². The number of hydrogen-bond acceptors (Lipinski definition) is 4. The van der Waals surface area contributed by atoms with Gasteiger partial charge >= 0.3 is 0 Å². The second-order valence-electron chi connectivity index (χ2n) is 7.86. The van der Waals surface area contributed by atoms with Crippen LogP contribution in [0.3, 0.4) is 0 Å². The molecule has 0 radical (unpaired) electrons. The molecule has 1 spiro atoms. The molecule has 0 saturated carbocycles. The summed E-state index contributed by atoms with van der Waals surface area (Å²) in [5, 5.41) is 0. The summed E-state index contributed by atoms with van der Waals surface area (Å²) in [6.45, 7) is 7.93. The maximum Gasteiger partial charge on any atom is 0.244 e. The molecule has 2 atom stereocenters. The first-order chi connectivity index (χ1) is 11.5. The predicted octanol–water partition coefficient (Wildman–Crippen LogP) is 2.06. The van der Waals surface area contributed by atoms with Gasteiger partial charge < -0.3 is 14.4 Å². The van der Waals surface area contributed by atoms with E-state index in [2.05, 4.69) is 18.7 Å². The van der Waals surface area contributed by atoms with Gasteiger partial charge in [0, 0.05) is 31.7 Å². The van der Waals surface area contributed by atoms with Crippen LogP contribution in [0.25, 0.3) is 0 Å². The third kappa shape index (κ3) is 2.85. The highest BCUT2D eigenvalue weighted by Crippen LogP contribution is 2.38. The lowest BCUT2D eigenvalue weighted by Gasteiger charge is -2.42. The maximum absolute atomic E-state index is 12.9. The molecular formula is C19H26N2O3. The van der Waals surface area contributed by atoms with Crippen LogP contribution >= 0.6 is 0 Å². The Hall–Kier alpha value is -1.43. The normalized spacial score (nSPS) is 33.5. The molecule has 5 nitrogen and oxygen atoms in total. The van der Waals surface area contributed by atoms with Crippen molar-refractivity contribution < 1.29 is 14.3 Å². The van der Waals surface area contributed by atoms with Crippen molar-refractivity contribution in [2.45, 2.75) is 43.9 Å². The largest absolute Gasteiger partial charge is 0.372 e. The van der Waals surface area contributed by atoms with Crippen LogP contribution in [-0.4, -0.2) is 60.9 Å². The van der Waals surface area contributed by atoms with E-state index < -0.39 is 0 Å². The summed E-state index contributed by atoms with van der Waals surface area (Å²) in [7, 11) is 0. The molecule has 0 bridgehead atoms. The van der Waals surface area contributed by atoms with E-state index >= 15 is 0 Å². The van der Waals surface area contributed by atoms with E-state index in [4.69, 9.17) is 9.47 Å². The van der Waals surface area contributed by atoms with Gasteiger partial charge in [0.05, 0.1) is 24.9 Å². The Morgan fingerprint density at radius 3 is 2.62 bits per heavy atom. The molecule has 2 unspecified atom stereocenters.